The molecule has 1 aliphatic rings. The normalized spacial score (nSPS) is 15.3. The zero-order valence-electron chi connectivity index (χ0n) is 15.8. The van der Waals surface area contributed by atoms with Gasteiger partial charge >= 0.3 is 0 Å². The number of aromatic amines is 1. The van der Waals surface area contributed by atoms with Crippen molar-refractivity contribution < 1.29 is 17.6 Å². The molecule has 4 rings (SSSR count). The molecule has 1 amide bonds. The number of amides is 1. The Balaban J connectivity index is 1.42. The summed E-state index contributed by atoms with van der Waals surface area (Å²) >= 11 is 3.30. The van der Waals surface area contributed by atoms with E-state index in [4.69, 9.17) is 0 Å². The Morgan fingerprint density at radius 3 is 2.27 bits per heavy atom. The van der Waals surface area contributed by atoms with Crippen molar-refractivity contribution in [2.75, 3.05) is 26.2 Å². The van der Waals surface area contributed by atoms with E-state index in [1.165, 1.54) is 16.4 Å². The van der Waals surface area contributed by atoms with Crippen LogP contribution in [0.2, 0.25) is 0 Å². The molecule has 1 saturated heterocycles. The molecule has 1 aliphatic heterocycles. The Bertz CT molecular complexity index is 1160. The van der Waals surface area contributed by atoms with Gasteiger partial charge in [-0.25, -0.2) is 12.8 Å². The van der Waals surface area contributed by atoms with E-state index in [0.717, 1.165) is 4.47 Å². The van der Waals surface area contributed by atoms with Gasteiger partial charge in [0.15, 0.2) is 0 Å². The topological polar surface area (TPSA) is 86.4 Å². The molecule has 0 atom stereocenters. The van der Waals surface area contributed by atoms with Crippen molar-refractivity contribution in [3.63, 3.8) is 0 Å². The van der Waals surface area contributed by atoms with Crippen molar-refractivity contribution in [3.8, 4) is 11.3 Å². The zero-order chi connectivity index (χ0) is 21.3. The number of hydrogen-bond donors (Lipinski definition) is 1. The first-order valence-corrected chi connectivity index (χ1v) is 11.4. The quantitative estimate of drug-likeness (QED) is 0.606. The van der Waals surface area contributed by atoms with Crippen LogP contribution in [0.25, 0.3) is 11.3 Å². The highest BCUT2D eigenvalue weighted by Crippen LogP contribution is 2.22. The summed E-state index contributed by atoms with van der Waals surface area (Å²) in [4.78, 5) is 14.6. The van der Waals surface area contributed by atoms with Crippen LogP contribution in [-0.2, 0) is 10.0 Å². The predicted molar refractivity (Wildman–Crippen MR) is 113 cm³/mol. The first-order chi connectivity index (χ1) is 14.3. The molecule has 0 spiro atoms. The maximum Gasteiger partial charge on any atom is 0.271 e. The molecule has 2 heterocycles. The molecule has 0 aliphatic carbocycles. The molecular formula is C20H18BrFN4O3S. The summed E-state index contributed by atoms with van der Waals surface area (Å²) < 4.78 is 40.9. The Morgan fingerprint density at radius 2 is 1.63 bits per heavy atom. The lowest BCUT2D eigenvalue weighted by molar-refractivity contribution is 0.0692. The van der Waals surface area contributed by atoms with Gasteiger partial charge in [-0.15, -0.1) is 0 Å². The first kappa shape index (κ1) is 20.7. The Labute approximate surface area is 181 Å². The second kappa shape index (κ2) is 8.29. The number of H-pyrrole nitrogens is 1. The van der Waals surface area contributed by atoms with Gasteiger partial charge in [-0.1, -0.05) is 15.9 Å². The number of nitrogens with one attached hydrogen (secondary N) is 1. The largest absolute Gasteiger partial charge is 0.335 e. The highest BCUT2D eigenvalue weighted by Gasteiger charge is 2.31. The number of hydrogen-bond acceptors (Lipinski definition) is 4. The van der Waals surface area contributed by atoms with Crippen LogP contribution in [0.3, 0.4) is 0 Å². The van der Waals surface area contributed by atoms with Crippen LogP contribution >= 0.6 is 15.9 Å². The number of carbonyl (C=O) groups is 1. The summed E-state index contributed by atoms with van der Waals surface area (Å²) in [6.45, 7) is 0.977. The van der Waals surface area contributed by atoms with Gasteiger partial charge in [0.05, 0.1) is 10.6 Å². The summed E-state index contributed by atoms with van der Waals surface area (Å²) in [7, 11) is -3.60. The zero-order valence-corrected chi connectivity index (χ0v) is 18.2. The van der Waals surface area contributed by atoms with Gasteiger partial charge < -0.3 is 4.90 Å². The summed E-state index contributed by atoms with van der Waals surface area (Å²) in [6, 6.07) is 13.9. The van der Waals surface area contributed by atoms with Crippen LogP contribution in [0.1, 0.15) is 10.5 Å². The number of rotatable bonds is 4. The summed E-state index contributed by atoms with van der Waals surface area (Å²) in [5, 5.41) is 6.85. The van der Waals surface area contributed by atoms with Crippen molar-refractivity contribution in [3.05, 3.63) is 70.6 Å². The molecule has 0 bridgehead atoms. The van der Waals surface area contributed by atoms with Gasteiger partial charge in [0, 0.05) is 36.2 Å². The third kappa shape index (κ3) is 4.16. The molecule has 156 valence electrons. The fourth-order valence-electron chi connectivity index (χ4n) is 3.26. The molecule has 1 N–H and O–H groups in total. The Kier molecular flexibility index (Phi) is 5.72. The van der Waals surface area contributed by atoms with E-state index in [0.29, 0.717) is 17.0 Å². The molecule has 30 heavy (non-hydrogen) atoms. The molecule has 7 nitrogen and oxygen atoms in total. The lowest BCUT2D eigenvalue weighted by Gasteiger charge is -2.33. The number of carbonyl (C=O) groups excluding carboxylic acids is 1. The number of aromatic nitrogens is 2. The predicted octanol–water partition coefficient (Wildman–Crippen LogP) is 3.13. The van der Waals surface area contributed by atoms with Crippen LogP contribution in [0.15, 0.2) is 64.0 Å². The van der Waals surface area contributed by atoms with E-state index in [-0.39, 0.29) is 42.8 Å². The number of nitrogens with zero attached hydrogens (tertiary/aromatic N) is 3. The summed E-state index contributed by atoms with van der Waals surface area (Å²) in [5.41, 5.74) is 1.53. The monoisotopic (exact) mass is 492 g/mol. The second-order valence-corrected chi connectivity index (χ2v) is 9.68. The fourth-order valence-corrected chi connectivity index (χ4v) is 4.94. The van der Waals surface area contributed by atoms with Crippen LogP contribution in [0.5, 0.6) is 0 Å². The third-order valence-electron chi connectivity index (χ3n) is 4.93. The highest BCUT2D eigenvalue weighted by molar-refractivity contribution is 9.10. The Morgan fingerprint density at radius 1 is 1.00 bits per heavy atom. The molecule has 1 aromatic heterocycles. The van der Waals surface area contributed by atoms with Crippen LogP contribution in [0.4, 0.5) is 4.39 Å². The second-order valence-electron chi connectivity index (χ2n) is 6.82. The molecule has 0 radical (unpaired) electrons. The molecule has 1 fully saturated rings. The van der Waals surface area contributed by atoms with E-state index in [1.807, 2.05) is 0 Å². The average Bonchev–Trinajstić information content (AvgIpc) is 3.24. The SMILES string of the molecule is O=C(c1cc(-c2ccc(F)cc2)n[nH]1)N1CCN(S(=O)(=O)c2ccc(Br)cc2)CC1. The van der Waals surface area contributed by atoms with Crippen LogP contribution in [0, 0.1) is 5.82 Å². The van der Waals surface area contributed by atoms with E-state index in [1.54, 1.807) is 47.4 Å². The molecule has 3 aromatic rings. The highest BCUT2D eigenvalue weighted by atomic mass is 79.9. The van der Waals surface area contributed by atoms with Gasteiger partial charge in [-0.3, -0.25) is 9.89 Å². The van der Waals surface area contributed by atoms with Crippen molar-refractivity contribution in [2.24, 2.45) is 0 Å². The van der Waals surface area contributed by atoms with E-state index in [2.05, 4.69) is 26.1 Å². The molecule has 0 unspecified atom stereocenters. The third-order valence-corrected chi connectivity index (χ3v) is 7.37. The molecule has 2 aromatic carbocycles. The van der Waals surface area contributed by atoms with E-state index >= 15 is 0 Å². The first-order valence-electron chi connectivity index (χ1n) is 9.21. The van der Waals surface area contributed by atoms with Crippen LogP contribution < -0.4 is 0 Å². The summed E-state index contributed by atoms with van der Waals surface area (Å²) in [5.74, 6) is -0.599. The van der Waals surface area contributed by atoms with Gasteiger partial charge in [-0.2, -0.15) is 9.40 Å². The van der Waals surface area contributed by atoms with Gasteiger partial charge in [0.1, 0.15) is 11.5 Å². The van der Waals surface area contributed by atoms with Crippen molar-refractivity contribution in [1.29, 1.82) is 0 Å². The minimum absolute atomic E-state index is 0.211. The fraction of sp³-hybridized carbons (Fsp3) is 0.200. The maximum atomic E-state index is 13.1. The molecule has 10 heteroatoms. The minimum atomic E-state index is -3.60. The molecule has 0 saturated carbocycles. The van der Waals surface area contributed by atoms with E-state index in [9.17, 15) is 17.6 Å². The van der Waals surface area contributed by atoms with Gasteiger partial charge in [-0.05, 0) is 54.6 Å². The number of piperazine rings is 1. The average molecular weight is 493 g/mol. The number of halogens is 2. The van der Waals surface area contributed by atoms with E-state index < -0.39 is 10.0 Å². The summed E-state index contributed by atoms with van der Waals surface area (Å²) in [6.07, 6.45) is 0. The molecular weight excluding hydrogens is 475 g/mol. The Hall–Kier alpha value is -2.56. The number of sulfonamides is 1. The lowest BCUT2D eigenvalue weighted by atomic mass is 10.1. The standard InChI is InChI=1S/C20H18BrFN4O3S/c21-15-3-7-17(8-4-15)30(28,29)26-11-9-25(10-12-26)20(27)19-13-18(23-24-19)14-1-5-16(22)6-2-14/h1-8,13H,9-12H2,(H,23,24). The minimum Gasteiger partial charge on any atom is -0.335 e. The van der Waals surface area contributed by atoms with Gasteiger partial charge in [0.2, 0.25) is 10.0 Å². The maximum absolute atomic E-state index is 13.1. The van der Waals surface area contributed by atoms with Crippen molar-refractivity contribution in [1.82, 2.24) is 19.4 Å². The van der Waals surface area contributed by atoms with Crippen molar-refractivity contribution >= 4 is 31.9 Å². The smallest absolute Gasteiger partial charge is 0.271 e. The van der Waals surface area contributed by atoms with Crippen molar-refractivity contribution in [2.45, 2.75) is 4.90 Å². The lowest BCUT2D eigenvalue weighted by Crippen LogP contribution is -2.50. The van der Waals surface area contributed by atoms with Gasteiger partial charge in [0.25, 0.3) is 5.91 Å². The number of benzene rings is 2. The van der Waals surface area contributed by atoms with Crippen LogP contribution in [-0.4, -0.2) is 59.9 Å².